The van der Waals surface area contributed by atoms with Crippen LogP contribution in [-0.4, -0.2) is 19.2 Å². The summed E-state index contributed by atoms with van der Waals surface area (Å²) in [6.45, 7) is 0. The third-order valence-corrected chi connectivity index (χ3v) is 3.60. The summed E-state index contributed by atoms with van der Waals surface area (Å²) in [5.41, 5.74) is -1.49. The maximum atomic E-state index is 13.9. The molecule has 10 heteroatoms. The van der Waals surface area contributed by atoms with Gasteiger partial charge in [0.1, 0.15) is 17.9 Å². The average Bonchev–Trinajstić information content (AvgIpc) is 2.67. The number of allylic oxidation sites excluding steroid dienone is 2. The highest BCUT2D eigenvalue weighted by Gasteiger charge is 2.32. The van der Waals surface area contributed by atoms with Crippen molar-refractivity contribution in [2.24, 2.45) is 0 Å². The number of rotatable bonds is 7. The Hall–Kier alpha value is -3.69. The molecule has 158 valence electrons. The van der Waals surface area contributed by atoms with Crippen LogP contribution >= 0.6 is 0 Å². The molecule has 0 aliphatic carbocycles. The lowest BCUT2D eigenvalue weighted by atomic mass is 10.1. The zero-order valence-corrected chi connectivity index (χ0v) is 15.4. The molecule has 2 aromatic carbocycles. The molecule has 0 atom stereocenters. The average molecular weight is 426 g/mol. The summed E-state index contributed by atoms with van der Waals surface area (Å²) in [7, 11) is 1.57. The van der Waals surface area contributed by atoms with Crippen LogP contribution in [0.5, 0.6) is 11.5 Å². The van der Waals surface area contributed by atoms with E-state index in [0.29, 0.717) is 24.5 Å². The summed E-state index contributed by atoms with van der Waals surface area (Å²) < 4.78 is 71.4. The monoisotopic (exact) mass is 426 g/mol. The molecule has 0 heterocycles. The van der Waals surface area contributed by atoms with Gasteiger partial charge in [0.2, 0.25) is 0 Å². The third kappa shape index (κ3) is 5.90. The lowest BCUT2D eigenvalue weighted by molar-refractivity contribution is -0.137. The Morgan fingerprint density at radius 3 is 2.40 bits per heavy atom. The van der Waals surface area contributed by atoms with Crippen LogP contribution in [0.2, 0.25) is 0 Å². The van der Waals surface area contributed by atoms with Crippen LogP contribution in [0.1, 0.15) is 15.9 Å². The number of ether oxygens (including phenoxy) is 1. The summed E-state index contributed by atoms with van der Waals surface area (Å²) in [4.78, 5) is 23.3. The van der Waals surface area contributed by atoms with Crippen molar-refractivity contribution in [1.82, 2.24) is 10.6 Å². The molecule has 0 aliphatic heterocycles. The number of aldehydes is 1. The molecular formula is C20H15F5N2O3. The molecule has 2 rings (SSSR count). The van der Waals surface area contributed by atoms with Crippen LogP contribution in [0.4, 0.5) is 22.0 Å². The number of carbonyl (C=O) groups is 2. The van der Waals surface area contributed by atoms with Gasteiger partial charge in [0, 0.05) is 24.9 Å². The fourth-order valence-electron chi connectivity index (χ4n) is 2.23. The summed E-state index contributed by atoms with van der Waals surface area (Å²) >= 11 is 0. The van der Waals surface area contributed by atoms with Crippen LogP contribution in [0.15, 0.2) is 60.4 Å². The van der Waals surface area contributed by atoms with E-state index in [2.05, 4.69) is 10.6 Å². The number of carbonyl (C=O) groups excluding carboxylic acids is 2. The number of alkyl halides is 3. The number of benzene rings is 2. The van der Waals surface area contributed by atoms with Gasteiger partial charge in [-0.15, -0.1) is 0 Å². The van der Waals surface area contributed by atoms with Crippen LogP contribution in [-0.2, 0) is 11.0 Å². The second kappa shape index (κ2) is 9.68. The van der Waals surface area contributed by atoms with Crippen molar-refractivity contribution in [2.75, 3.05) is 7.05 Å². The van der Waals surface area contributed by atoms with Crippen LogP contribution in [0.25, 0.3) is 0 Å². The minimum atomic E-state index is -4.76. The van der Waals surface area contributed by atoms with E-state index in [9.17, 15) is 31.5 Å². The first-order valence-electron chi connectivity index (χ1n) is 8.30. The lowest BCUT2D eigenvalue weighted by Gasteiger charge is -2.15. The van der Waals surface area contributed by atoms with Gasteiger partial charge < -0.3 is 15.4 Å². The molecule has 2 aromatic rings. The minimum Gasteiger partial charge on any atom is -0.453 e. The normalized spacial score (nSPS) is 12.0. The fraction of sp³-hybridized carbons (Fsp3) is 0.100. The minimum absolute atomic E-state index is 0.0307. The number of halogens is 5. The molecule has 0 spiro atoms. The van der Waals surface area contributed by atoms with Crippen LogP contribution in [0.3, 0.4) is 0 Å². The Kier molecular flexibility index (Phi) is 7.29. The second-order valence-electron chi connectivity index (χ2n) is 5.72. The first kappa shape index (κ1) is 22.6. The van der Waals surface area contributed by atoms with Gasteiger partial charge in [-0.1, -0.05) is 0 Å². The topological polar surface area (TPSA) is 67.4 Å². The Labute approximate surface area is 167 Å². The standard InChI is InChI=1S/C20H15F5N2O3/c1-26-8-6-14(7-9-28)27-19(29)15-4-2-12(20(23,24)25)10-18(15)30-17-5-3-13(21)11-16(17)22/h2-11,26H,1H3,(H,27,29)/b8-6-,14-7+. The van der Waals surface area contributed by atoms with E-state index in [-0.39, 0.29) is 11.3 Å². The maximum absolute atomic E-state index is 13.9. The van der Waals surface area contributed by atoms with Gasteiger partial charge in [0.25, 0.3) is 5.91 Å². The highest BCUT2D eigenvalue weighted by Crippen LogP contribution is 2.35. The van der Waals surface area contributed by atoms with Gasteiger partial charge in [-0.3, -0.25) is 9.59 Å². The molecule has 0 aliphatic rings. The van der Waals surface area contributed by atoms with Gasteiger partial charge in [-0.25, -0.2) is 8.78 Å². The molecule has 1 amide bonds. The number of nitrogens with one attached hydrogen (secondary N) is 2. The highest BCUT2D eigenvalue weighted by molar-refractivity contribution is 5.98. The third-order valence-electron chi connectivity index (χ3n) is 3.60. The van der Waals surface area contributed by atoms with Crippen molar-refractivity contribution in [3.05, 3.63) is 83.2 Å². The molecule has 0 unspecified atom stereocenters. The van der Waals surface area contributed by atoms with E-state index in [1.807, 2.05) is 0 Å². The summed E-state index contributed by atoms with van der Waals surface area (Å²) in [6, 6.07) is 4.21. The Balaban J connectivity index is 2.47. The second-order valence-corrected chi connectivity index (χ2v) is 5.72. The van der Waals surface area contributed by atoms with Crippen molar-refractivity contribution in [1.29, 1.82) is 0 Å². The molecule has 0 aromatic heterocycles. The molecular weight excluding hydrogens is 411 g/mol. The van der Waals surface area contributed by atoms with Crippen molar-refractivity contribution < 1.29 is 36.3 Å². The molecule has 5 nitrogen and oxygen atoms in total. The molecule has 0 radical (unpaired) electrons. The van der Waals surface area contributed by atoms with Gasteiger partial charge >= 0.3 is 6.18 Å². The van der Waals surface area contributed by atoms with E-state index in [1.165, 1.54) is 12.3 Å². The van der Waals surface area contributed by atoms with Crippen molar-refractivity contribution in [3.63, 3.8) is 0 Å². The molecule has 0 bridgehead atoms. The summed E-state index contributed by atoms with van der Waals surface area (Å²) in [6.07, 6.45) is -0.625. The Morgan fingerprint density at radius 1 is 1.07 bits per heavy atom. The van der Waals surface area contributed by atoms with E-state index < -0.39 is 40.8 Å². The maximum Gasteiger partial charge on any atom is 0.416 e. The highest BCUT2D eigenvalue weighted by atomic mass is 19.4. The van der Waals surface area contributed by atoms with Gasteiger partial charge in [0.15, 0.2) is 11.6 Å². The largest absolute Gasteiger partial charge is 0.453 e. The van der Waals surface area contributed by atoms with E-state index in [4.69, 9.17) is 4.74 Å². The van der Waals surface area contributed by atoms with Gasteiger partial charge in [0.05, 0.1) is 11.1 Å². The molecule has 0 saturated carbocycles. The van der Waals surface area contributed by atoms with Crippen molar-refractivity contribution in [3.8, 4) is 11.5 Å². The van der Waals surface area contributed by atoms with Gasteiger partial charge in [-0.2, -0.15) is 13.2 Å². The molecule has 2 N–H and O–H groups in total. The smallest absolute Gasteiger partial charge is 0.416 e. The molecule has 30 heavy (non-hydrogen) atoms. The summed E-state index contributed by atoms with van der Waals surface area (Å²) in [5, 5.41) is 4.96. The zero-order valence-electron chi connectivity index (χ0n) is 15.4. The molecule has 0 fully saturated rings. The SMILES string of the molecule is CN/C=C\C(=C/C=O)NC(=O)c1ccc(C(F)(F)F)cc1Oc1ccc(F)cc1F. The van der Waals surface area contributed by atoms with E-state index in [1.54, 1.807) is 7.05 Å². The predicted octanol–water partition coefficient (Wildman–Crippen LogP) is 4.32. The number of amides is 1. The Morgan fingerprint density at radius 2 is 1.80 bits per heavy atom. The van der Waals surface area contributed by atoms with Crippen LogP contribution < -0.4 is 15.4 Å². The van der Waals surface area contributed by atoms with E-state index >= 15 is 0 Å². The summed E-state index contributed by atoms with van der Waals surface area (Å²) in [5.74, 6) is -4.20. The van der Waals surface area contributed by atoms with Crippen LogP contribution in [0, 0.1) is 11.6 Å². The zero-order chi connectivity index (χ0) is 22.3. The fourth-order valence-corrected chi connectivity index (χ4v) is 2.23. The predicted molar refractivity (Wildman–Crippen MR) is 97.7 cm³/mol. The lowest BCUT2D eigenvalue weighted by Crippen LogP contribution is -2.23. The first-order valence-corrected chi connectivity index (χ1v) is 8.30. The van der Waals surface area contributed by atoms with Crippen molar-refractivity contribution >= 4 is 12.2 Å². The quantitative estimate of drug-likeness (QED) is 0.300. The first-order chi connectivity index (χ1) is 14.2. The van der Waals surface area contributed by atoms with Crippen molar-refractivity contribution in [2.45, 2.75) is 6.18 Å². The Bertz CT molecular complexity index is 1000. The van der Waals surface area contributed by atoms with Gasteiger partial charge in [-0.05, 0) is 42.6 Å². The van der Waals surface area contributed by atoms with E-state index in [0.717, 1.165) is 24.3 Å². The number of hydrogen-bond acceptors (Lipinski definition) is 4. The molecule has 0 saturated heterocycles. The number of hydrogen-bond donors (Lipinski definition) is 2.